The molecule has 2 heteroatoms. The summed E-state index contributed by atoms with van der Waals surface area (Å²) in [5, 5.41) is 0. The van der Waals surface area contributed by atoms with Crippen molar-refractivity contribution in [1.29, 1.82) is 0 Å². The quantitative estimate of drug-likeness (QED) is 0.108. The van der Waals surface area contributed by atoms with Crippen LogP contribution < -0.4 is 4.90 Å². The van der Waals surface area contributed by atoms with Gasteiger partial charge in [-0.25, -0.2) is 0 Å². The highest BCUT2D eigenvalue weighted by Gasteiger charge is 2.22. The van der Waals surface area contributed by atoms with Gasteiger partial charge in [-0.05, 0) is 36.2 Å². The van der Waals surface area contributed by atoms with Gasteiger partial charge in [-0.1, -0.05) is 170 Å². The molecule has 1 nitrogen and oxygen atoms in total. The number of nitrogens with zero attached hydrogens (tertiary/aromatic N) is 1. The number of para-hydroxylation sites is 2. The van der Waals surface area contributed by atoms with Crippen LogP contribution in [0.15, 0.2) is 91.0 Å². The third kappa shape index (κ3) is 11.9. The summed E-state index contributed by atoms with van der Waals surface area (Å²) in [6, 6.07) is 33.3. The van der Waals surface area contributed by atoms with Crippen molar-refractivity contribution in [2.45, 2.75) is 116 Å². The van der Waals surface area contributed by atoms with Crippen molar-refractivity contribution < 1.29 is 0 Å². The van der Waals surface area contributed by atoms with E-state index in [4.69, 9.17) is 0 Å². The molecular weight excluding hydrogens is 457 g/mol. The van der Waals surface area contributed by atoms with Gasteiger partial charge in [0.05, 0.1) is 6.04 Å². The van der Waals surface area contributed by atoms with E-state index in [1.165, 1.54) is 120 Å². The van der Waals surface area contributed by atoms with Crippen molar-refractivity contribution in [3.05, 3.63) is 96.6 Å². The first kappa shape index (κ1) is 31.7. The molecule has 38 heavy (non-hydrogen) atoms. The summed E-state index contributed by atoms with van der Waals surface area (Å²) in [6.07, 6.45) is 22.3. The summed E-state index contributed by atoms with van der Waals surface area (Å²) >= 11 is 0. The number of anilines is 2. The highest BCUT2D eigenvalue weighted by molar-refractivity contribution is 5.75. The predicted molar refractivity (Wildman–Crippen MR) is 170 cm³/mol. The molecule has 0 saturated heterocycles. The van der Waals surface area contributed by atoms with Crippen LogP contribution in [0.25, 0.3) is 0 Å². The molecule has 0 aliphatic carbocycles. The first-order valence-corrected chi connectivity index (χ1v) is 15.3. The van der Waals surface area contributed by atoms with E-state index in [-0.39, 0.29) is 8.41 Å². The van der Waals surface area contributed by atoms with Crippen molar-refractivity contribution in [3.63, 3.8) is 0 Å². The molecule has 0 aliphatic rings. The molecule has 1 atom stereocenters. The Labute approximate surface area is 236 Å². The van der Waals surface area contributed by atoms with E-state index in [1.54, 1.807) is 0 Å². The minimum atomic E-state index is 0. The second-order valence-corrected chi connectivity index (χ2v) is 10.7. The van der Waals surface area contributed by atoms with E-state index in [0.29, 0.717) is 6.04 Å². The van der Waals surface area contributed by atoms with Crippen molar-refractivity contribution in [2.75, 3.05) is 4.90 Å². The molecule has 0 aromatic heterocycles. The topological polar surface area (TPSA) is 3.24 Å². The number of hydrogen-bond acceptors (Lipinski definition) is 1. The second-order valence-electron chi connectivity index (χ2n) is 10.7. The van der Waals surface area contributed by atoms with Crippen molar-refractivity contribution in [3.8, 4) is 0 Å². The van der Waals surface area contributed by atoms with Crippen LogP contribution in [0.3, 0.4) is 0 Å². The van der Waals surface area contributed by atoms with Crippen LogP contribution in [0.5, 0.6) is 0 Å². The highest BCUT2D eigenvalue weighted by Crippen LogP contribution is 2.38. The lowest BCUT2D eigenvalue weighted by atomic mass is 9.96. The van der Waals surface area contributed by atoms with E-state index in [0.717, 1.165) is 0 Å². The first-order valence-electron chi connectivity index (χ1n) is 15.3. The summed E-state index contributed by atoms with van der Waals surface area (Å²) in [5.74, 6) is 0. The Morgan fingerprint density at radius 1 is 0.447 bits per heavy atom. The van der Waals surface area contributed by atoms with Gasteiger partial charge >= 0.3 is 0 Å². The Morgan fingerprint density at radius 2 is 0.789 bits per heavy atom. The third-order valence-electron chi connectivity index (χ3n) is 7.65. The molecule has 3 radical (unpaired) electrons. The molecule has 0 bridgehead atoms. The fourth-order valence-corrected chi connectivity index (χ4v) is 5.52. The van der Waals surface area contributed by atoms with E-state index >= 15 is 0 Å². The van der Waals surface area contributed by atoms with Crippen molar-refractivity contribution in [1.82, 2.24) is 0 Å². The van der Waals surface area contributed by atoms with Crippen molar-refractivity contribution >= 4 is 19.8 Å². The molecule has 203 valence electrons. The zero-order chi connectivity index (χ0) is 25.8. The second kappa shape index (κ2) is 20.5. The van der Waals surface area contributed by atoms with Crippen LogP contribution in [0, 0.1) is 0 Å². The van der Waals surface area contributed by atoms with E-state index < -0.39 is 0 Å². The molecule has 0 N–H and O–H groups in total. The molecular formula is C36H51BN. The van der Waals surface area contributed by atoms with Crippen LogP contribution in [0.4, 0.5) is 11.4 Å². The molecule has 0 spiro atoms. The molecule has 1 unspecified atom stereocenters. The molecule has 0 heterocycles. The zero-order valence-electron chi connectivity index (χ0n) is 24.1. The average molecular weight is 509 g/mol. The number of benzene rings is 3. The predicted octanol–water partition coefficient (Wildman–Crippen LogP) is 11.4. The minimum Gasteiger partial charge on any atom is -0.334 e. The van der Waals surface area contributed by atoms with Crippen LogP contribution in [0.2, 0.25) is 0 Å². The van der Waals surface area contributed by atoms with E-state index in [1.807, 2.05) is 0 Å². The molecule has 0 amide bonds. The fourth-order valence-electron chi connectivity index (χ4n) is 5.52. The first-order chi connectivity index (χ1) is 18.4. The van der Waals surface area contributed by atoms with Crippen LogP contribution in [-0.2, 0) is 0 Å². The average Bonchev–Trinajstić information content (AvgIpc) is 2.96. The standard InChI is InChI=1S/C36H51N.B/c1-2-3-4-5-6-7-8-9-10-11-12-13-14-15-25-32-36(33-26-19-16-20-27-33)37(34-28-21-17-22-29-34)35-30-23-18-24-31-35;/h16-24,26-31,36H,2-15,25,32H2,1H3;. The maximum atomic E-state index is 2.54. The van der Waals surface area contributed by atoms with Gasteiger partial charge < -0.3 is 4.90 Å². The largest absolute Gasteiger partial charge is 0.334 e. The summed E-state index contributed by atoms with van der Waals surface area (Å²) in [7, 11) is 0. The monoisotopic (exact) mass is 508 g/mol. The van der Waals surface area contributed by atoms with Gasteiger partial charge in [0.15, 0.2) is 0 Å². The summed E-state index contributed by atoms with van der Waals surface area (Å²) in [5.41, 5.74) is 3.94. The Kier molecular flexibility index (Phi) is 17.1. The Morgan fingerprint density at radius 3 is 1.18 bits per heavy atom. The van der Waals surface area contributed by atoms with Gasteiger partial charge in [0.25, 0.3) is 0 Å². The van der Waals surface area contributed by atoms with Gasteiger partial charge in [0, 0.05) is 19.8 Å². The highest BCUT2D eigenvalue weighted by atomic mass is 15.2. The molecule has 0 saturated carbocycles. The van der Waals surface area contributed by atoms with Gasteiger partial charge in [-0.2, -0.15) is 0 Å². The number of hydrogen-bond donors (Lipinski definition) is 0. The normalized spacial score (nSPS) is 11.6. The summed E-state index contributed by atoms with van der Waals surface area (Å²) < 4.78 is 0. The van der Waals surface area contributed by atoms with E-state index in [9.17, 15) is 0 Å². The van der Waals surface area contributed by atoms with E-state index in [2.05, 4.69) is 103 Å². The lowest BCUT2D eigenvalue weighted by molar-refractivity contribution is 0.517. The molecule has 3 rings (SSSR count). The lowest BCUT2D eigenvalue weighted by Gasteiger charge is -2.34. The number of unbranched alkanes of at least 4 members (excludes halogenated alkanes) is 14. The van der Waals surface area contributed by atoms with Crippen LogP contribution in [-0.4, -0.2) is 8.41 Å². The van der Waals surface area contributed by atoms with Gasteiger partial charge in [0.2, 0.25) is 0 Å². The maximum Gasteiger partial charge on any atom is 0.0591 e. The third-order valence-corrected chi connectivity index (χ3v) is 7.65. The van der Waals surface area contributed by atoms with Crippen LogP contribution in [0.1, 0.15) is 121 Å². The molecule has 0 fully saturated rings. The fraction of sp³-hybridized carbons (Fsp3) is 0.500. The van der Waals surface area contributed by atoms with Gasteiger partial charge in [0.1, 0.15) is 0 Å². The minimum absolute atomic E-state index is 0. The molecule has 3 aromatic rings. The molecule has 0 aliphatic heterocycles. The SMILES string of the molecule is CCCCCCCCCCCCCCCCCC(c1ccccc1)N(c1ccccc1)c1ccccc1.[B]. The van der Waals surface area contributed by atoms with Crippen LogP contribution >= 0.6 is 0 Å². The Bertz CT molecular complexity index is 872. The van der Waals surface area contributed by atoms with Crippen molar-refractivity contribution in [2.24, 2.45) is 0 Å². The van der Waals surface area contributed by atoms with Gasteiger partial charge in [-0.3, -0.25) is 0 Å². The van der Waals surface area contributed by atoms with Gasteiger partial charge in [-0.15, -0.1) is 0 Å². The summed E-state index contributed by atoms with van der Waals surface area (Å²) in [6.45, 7) is 2.30. The smallest absolute Gasteiger partial charge is 0.0591 e. The number of rotatable bonds is 20. The Balaban J connectivity index is 0.00000507. The Hall–Kier alpha value is -2.48. The summed E-state index contributed by atoms with van der Waals surface area (Å²) in [4.78, 5) is 2.54. The lowest BCUT2D eigenvalue weighted by Crippen LogP contribution is -2.24. The maximum absolute atomic E-state index is 2.54. The zero-order valence-corrected chi connectivity index (χ0v) is 24.1. The molecule has 3 aromatic carbocycles.